The van der Waals surface area contributed by atoms with Crippen molar-refractivity contribution >= 4 is 5.91 Å². The van der Waals surface area contributed by atoms with Crippen LogP contribution < -0.4 is 10.6 Å². The van der Waals surface area contributed by atoms with Crippen molar-refractivity contribution in [2.45, 2.75) is 83.5 Å². The lowest BCUT2D eigenvalue weighted by atomic mass is 10.1. The van der Waals surface area contributed by atoms with Crippen LogP contribution in [0, 0.1) is 11.3 Å². The van der Waals surface area contributed by atoms with E-state index in [-0.39, 0.29) is 0 Å². The fourth-order valence-electron chi connectivity index (χ4n) is 3.46. The summed E-state index contributed by atoms with van der Waals surface area (Å²) in [4.78, 5) is 14.6. The SMILES string of the molecule is N#CCCNCCCNCCCN1CCCCCCCCCCCC1=O. The molecule has 0 aromatic heterocycles. The predicted octanol–water partition coefficient (Wildman–Crippen LogP) is 3.60. The lowest BCUT2D eigenvalue weighted by molar-refractivity contribution is -0.131. The van der Waals surface area contributed by atoms with Gasteiger partial charge in [-0.3, -0.25) is 4.79 Å². The summed E-state index contributed by atoms with van der Waals surface area (Å²) in [5, 5.41) is 15.2. The molecule has 0 bridgehead atoms. The number of nitrogens with one attached hydrogen (secondary N) is 2. The molecule has 0 unspecified atom stereocenters. The van der Waals surface area contributed by atoms with E-state index < -0.39 is 0 Å². The second kappa shape index (κ2) is 17.3. The van der Waals surface area contributed by atoms with Crippen molar-refractivity contribution in [3.63, 3.8) is 0 Å². The molecule has 1 fully saturated rings. The lowest BCUT2D eigenvalue weighted by Gasteiger charge is -2.23. The molecule has 26 heavy (non-hydrogen) atoms. The number of carbonyl (C=O) groups is 1. The maximum Gasteiger partial charge on any atom is 0.222 e. The summed E-state index contributed by atoms with van der Waals surface area (Å²) in [6, 6.07) is 2.14. The maximum atomic E-state index is 12.5. The first kappa shape index (κ1) is 22.9. The molecule has 5 heteroatoms. The minimum Gasteiger partial charge on any atom is -0.343 e. The summed E-state index contributed by atoms with van der Waals surface area (Å²) < 4.78 is 0. The predicted molar refractivity (Wildman–Crippen MR) is 108 cm³/mol. The third-order valence-electron chi connectivity index (χ3n) is 5.07. The van der Waals surface area contributed by atoms with Gasteiger partial charge in [-0.05, 0) is 45.3 Å². The van der Waals surface area contributed by atoms with Gasteiger partial charge in [0.2, 0.25) is 5.91 Å². The molecule has 1 amide bonds. The van der Waals surface area contributed by atoms with Crippen molar-refractivity contribution < 1.29 is 4.79 Å². The van der Waals surface area contributed by atoms with E-state index in [0.717, 1.165) is 71.4 Å². The molecule has 5 nitrogen and oxygen atoms in total. The van der Waals surface area contributed by atoms with Crippen LogP contribution in [0.15, 0.2) is 0 Å². The number of amides is 1. The Kier molecular flexibility index (Phi) is 15.3. The highest BCUT2D eigenvalue weighted by Gasteiger charge is 2.12. The van der Waals surface area contributed by atoms with Gasteiger partial charge in [-0.2, -0.15) is 5.26 Å². The largest absolute Gasteiger partial charge is 0.343 e. The maximum absolute atomic E-state index is 12.5. The van der Waals surface area contributed by atoms with E-state index in [1.165, 1.54) is 44.9 Å². The van der Waals surface area contributed by atoms with Gasteiger partial charge in [0.1, 0.15) is 0 Å². The monoisotopic (exact) mass is 364 g/mol. The van der Waals surface area contributed by atoms with E-state index in [1.807, 2.05) is 0 Å². The highest BCUT2D eigenvalue weighted by molar-refractivity contribution is 5.76. The number of nitriles is 1. The van der Waals surface area contributed by atoms with Crippen molar-refractivity contribution in [2.24, 2.45) is 0 Å². The van der Waals surface area contributed by atoms with Crippen molar-refractivity contribution in [2.75, 3.05) is 39.3 Å². The van der Waals surface area contributed by atoms with Gasteiger partial charge >= 0.3 is 0 Å². The molecular weight excluding hydrogens is 324 g/mol. The minimum absolute atomic E-state index is 0.367. The Morgan fingerprint density at radius 3 is 2.08 bits per heavy atom. The quantitative estimate of drug-likeness (QED) is 0.581. The van der Waals surface area contributed by atoms with Gasteiger partial charge in [0.25, 0.3) is 0 Å². The van der Waals surface area contributed by atoms with Gasteiger partial charge in [-0.15, -0.1) is 0 Å². The molecule has 1 saturated heterocycles. The molecule has 150 valence electrons. The fraction of sp³-hybridized carbons (Fsp3) is 0.905. The third kappa shape index (κ3) is 13.1. The van der Waals surface area contributed by atoms with E-state index in [9.17, 15) is 4.79 Å². The van der Waals surface area contributed by atoms with E-state index >= 15 is 0 Å². The molecule has 1 rings (SSSR count). The highest BCUT2D eigenvalue weighted by atomic mass is 16.2. The van der Waals surface area contributed by atoms with Gasteiger partial charge in [-0.1, -0.05) is 44.9 Å². The van der Waals surface area contributed by atoms with Gasteiger partial charge < -0.3 is 15.5 Å². The zero-order valence-corrected chi connectivity index (χ0v) is 16.7. The lowest BCUT2D eigenvalue weighted by Crippen LogP contribution is -2.34. The Morgan fingerprint density at radius 2 is 1.38 bits per heavy atom. The third-order valence-corrected chi connectivity index (χ3v) is 5.07. The first-order valence-corrected chi connectivity index (χ1v) is 10.9. The Labute approximate surface area is 160 Å². The zero-order valence-electron chi connectivity index (χ0n) is 16.7. The summed E-state index contributed by atoms with van der Waals surface area (Å²) in [5.74, 6) is 0.367. The van der Waals surface area contributed by atoms with Crippen molar-refractivity contribution in [1.82, 2.24) is 15.5 Å². The van der Waals surface area contributed by atoms with Crippen LogP contribution in [0.4, 0.5) is 0 Å². The second-order valence-electron chi connectivity index (χ2n) is 7.43. The molecule has 0 aromatic rings. The normalized spacial score (nSPS) is 17.8. The molecular formula is C21H40N4O. The average molecular weight is 365 g/mol. The molecule has 0 spiro atoms. The Hall–Kier alpha value is -1.12. The van der Waals surface area contributed by atoms with E-state index in [4.69, 9.17) is 5.26 Å². The average Bonchev–Trinajstić information content (AvgIpc) is 2.66. The van der Waals surface area contributed by atoms with E-state index in [0.29, 0.717) is 12.3 Å². The molecule has 0 aromatic carbocycles. The van der Waals surface area contributed by atoms with Gasteiger partial charge in [-0.25, -0.2) is 0 Å². The number of rotatable bonds is 10. The van der Waals surface area contributed by atoms with Crippen LogP contribution >= 0.6 is 0 Å². The standard InChI is InChI=1S/C21H40N4O/c22-14-10-15-23-16-11-17-24-18-12-20-25-19-9-7-5-3-1-2-4-6-8-13-21(25)26/h23-24H,1-13,15-20H2. The van der Waals surface area contributed by atoms with E-state index in [1.54, 1.807) is 0 Å². The zero-order chi connectivity index (χ0) is 18.7. The van der Waals surface area contributed by atoms with Crippen LogP contribution in [-0.4, -0.2) is 50.1 Å². The summed E-state index contributed by atoms with van der Waals surface area (Å²) in [5.41, 5.74) is 0. The van der Waals surface area contributed by atoms with Crippen molar-refractivity contribution in [1.29, 1.82) is 5.26 Å². The summed E-state index contributed by atoms with van der Waals surface area (Å²) >= 11 is 0. The second-order valence-corrected chi connectivity index (χ2v) is 7.43. The van der Waals surface area contributed by atoms with Gasteiger partial charge in [0.05, 0.1) is 6.07 Å². The first-order chi connectivity index (χ1) is 12.8. The van der Waals surface area contributed by atoms with Crippen molar-refractivity contribution in [3.05, 3.63) is 0 Å². The van der Waals surface area contributed by atoms with Gasteiger partial charge in [0, 0.05) is 32.5 Å². The number of nitrogens with zero attached hydrogens (tertiary/aromatic N) is 2. The van der Waals surface area contributed by atoms with Crippen LogP contribution in [0.2, 0.25) is 0 Å². The van der Waals surface area contributed by atoms with E-state index in [2.05, 4.69) is 21.6 Å². The molecule has 1 aliphatic rings. The summed E-state index contributed by atoms with van der Waals surface area (Å²) in [6.45, 7) is 5.55. The van der Waals surface area contributed by atoms with Crippen LogP contribution in [0.3, 0.4) is 0 Å². The molecule has 1 heterocycles. The number of hydrogen-bond donors (Lipinski definition) is 2. The number of hydrogen-bond acceptors (Lipinski definition) is 4. The summed E-state index contributed by atoms with van der Waals surface area (Å²) in [6.07, 6.45) is 14.8. The number of carbonyl (C=O) groups excluding carboxylic acids is 1. The Bertz CT molecular complexity index is 381. The van der Waals surface area contributed by atoms with Crippen LogP contribution in [0.5, 0.6) is 0 Å². The Balaban J connectivity index is 2.12. The molecule has 1 aliphatic heterocycles. The molecule has 0 radical (unpaired) electrons. The van der Waals surface area contributed by atoms with Crippen LogP contribution in [0.25, 0.3) is 0 Å². The molecule has 0 atom stereocenters. The van der Waals surface area contributed by atoms with Crippen LogP contribution in [-0.2, 0) is 4.79 Å². The Morgan fingerprint density at radius 1 is 0.808 bits per heavy atom. The minimum atomic E-state index is 0.367. The molecule has 0 aliphatic carbocycles. The van der Waals surface area contributed by atoms with Crippen molar-refractivity contribution in [3.8, 4) is 6.07 Å². The molecule has 2 N–H and O–H groups in total. The van der Waals surface area contributed by atoms with Crippen LogP contribution in [0.1, 0.15) is 83.5 Å². The molecule has 0 saturated carbocycles. The smallest absolute Gasteiger partial charge is 0.222 e. The fourth-order valence-corrected chi connectivity index (χ4v) is 3.46. The topological polar surface area (TPSA) is 68.2 Å². The van der Waals surface area contributed by atoms with Gasteiger partial charge in [0.15, 0.2) is 0 Å². The first-order valence-electron chi connectivity index (χ1n) is 10.9. The highest BCUT2D eigenvalue weighted by Crippen LogP contribution is 2.13. The summed E-state index contributed by atoms with van der Waals surface area (Å²) in [7, 11) is 0.